The minimum Gasteiger partial charge on any atom is -0.363 e. The second kappa shape index (κ2) is 8.31. The van der Waals surface area contributed by atoms with Gasteiger partial charge in [0.25, 0.3) is 0 Å². The molecule has 2 aromatic carbocycles. The molecule has 0 aliphatic heterocycles. The van der Waals surface area contributed by atoms with Crippen molar-refractivity contribution in [2.75, 3.05) is 29.6 Å². The van der Waals surface area contributed by atoms with Crippen molar-refractivity contribution in [1.29, 1.82) is 0 Å². The standard InChI is InChI=1S/C21H23N5O/c1-15-13-19(26(2)3)25-21(22-15)24-18-11-9-17(10-12-18)23-20(27)14-16-7-5-4-6-8-16/h4-13H,14H2,1-3H3,(H,23,27)(H,22,24,25). The van der Waals surface area contributed by atoms with Crippen LogP contribution in [0.25, 0.3) is 0 Å². The molecule has 0 spiro atoms. The van der Waals surface area contributed by atoms with Crippen molar-refractivity contribution in [2.45, 2.75) is 13.3 Å². The van der Waals surface area contributed by atoms with E-state index in [0.29, 0.717) is 12.4 Å². The summed E-state index contributed by atoms with van der Waals surface area (Å²) in [5, 5.41) is 6.11. The highest BCUT2D eigenvalue weighted by Crippen LogP contribution is 2.19. The number of aromatic nitrogens is 2. The number of nitrogens with zero attached hydrogens (tertiary/aromatic N) is 3. The van der Waals surface area contributed by atoms with Gasteiger partial charge in [-0.25, -0.2) is 4.98 Å². The molecule has 27 heavy (non-hydrogen) atoms. The van der Waals surface area contributed by atoms with E-state index >= 15 is 0 Å². The summed E-state index contributed by atoms with van der Waals surface area (Å²) in [7, 11) is 3.89. The lowest BCUT2D eigenvalue weighted by Gasteiger charge is -2.14. The van der Waals surface area contributed by atoms with Crippen LogP contribution in [0.4, 0.5) is 23.1 Å². The Morgan fingerprint density at radius 1 is 0.963 bits per heavy atom. The van der Waals surface area contributed by atoms with Gasteiger partial charge in [-0.1, -0.05) is 30.3 Å². The van der Waals surface area contributed by atoms with Crippen LogP contribution >= 0.6 is 0 Å². The van der Waals surface area contributed by atoms with Gasteiger partial charge in [0.05, 0.1) is 6.42 Å². The second-order valence-electron chi connectivity index (χ2n) is 6.50. The first kappa shape index (κ1) is 18.4. The Balaban J connectivity index is 1.63. The first-order valence-corrected chi connectivity index (χ1v) is 8.73. The fraction of sp³-hybridized carbons (Fsp3) is 0.190. The number of nitrogens with one attached hydrogen (secondary N) is 2. The molecule has 6 heteroatoms. The van der Waals surface area contributed by atoms with Crippen molar-refractivity contribution in [3.05, 3.63) is 71.9 Å². The summed E-state index contributed by atoms with van der Waals surface area (Å²) in [6.07, 6.45) is 0.352. The summed E-state index contributed by atoms with van der Waals surface area (Å²) in [6, 6.07) is 19.1. The van der Waals surface area contributed by atoms with Crippen LogP contribution in [0.1, 0.15) is 11.3 Å². The Morgan fingerprint density at radius 2 is 1.63 bits per heavy atom. The molecule has 3 aromatic rings. The van der Waals surface area contributed by atoms with E-state index in [1.165, 1.54) is 0 Å². The van der Waals surface area contributed by atoms with Gasteiger partial charge in [0.15, 0.2) is 0 Å². The van der Waals surface area contributed by atoms with E-state index in [1.807, 2.05) is 86.6 Å². The van der Waals surface area contributed by atoms with E-state index < -0.39 is 0 Å². The highest BCUT2D eigenvalue weighted by atomic mass is 16.1. The van der Waals surface area contributed by atoms with Crippen LogP contribution in [0, 0.1) is 6.92 Å². The lowest BCUT2D eigenvalue weighted by atomic mass is 10.1. The van der Waals surface area contributed by atoms with E-state index in [4.69, 9.17) is 0 Å². The fourth-order valence-electron chi connectivity index (χ4n) is 2.59. The molecule has 0 saturated carbocycles. The molecule has 0 unspecified atom stereocenters. The maximum Gasteiger partial charge on any atom is 0.229 e. The molecule has 0 aliphatic carbocycles. The smallest absolute Gasteiger partial charge is 0.229 e. The van der Waals surface area contributed by atoms with Crippen molar-refractivity contribution in [3.8, 4) is 0 Å². The topological polar surface area (TPSA) is 70.2 Å². The third kappa shape index (κ3) is 5.28. The van der Waals surface area contributed by atoms with Crippen LogP contribution < -0.4 is 15.5 Å². The minimum atomic E-state index is -0.0421. The van der Waals surface area contributed by atoms with Crippen LogP contribution in [0.2, 0.25) is 0 Å². The quantitative estimate of drug-likeness (QED) is 0.699. The molecule has 0 fully saturated rings. The highest BCUT2D eigenvalue weighted by Gasteiger charge is 2.06. The number of amides is 1. The molecule has 1 aromatic heterocycles. The maximum absolute atomic E-state index is 12.1. The van der Waals surface area contributed by atoms with Crippen LogP contribution in [-0.4, -0.2) is 30.0 Å². The van der Waals surface area contributed by atoms with E-state index in [0.717, 1.165) is 28.5 Å². The van der Waals surface area contributed by atoms with Gasteiger partial charge < -0.3 is 15.5 Å². The molecule has 0 bridgehead atoms. The number of carbonyl (C=O) groups is 1. The molecule has 0 atom stereocenters. The zero-order chi connectivity index (χ0) is 19.2. The average molecular weight is 361 g/mol. The number of aryl methyl sites for hydroxylation is 1. The number of carbonyl (C=O) groups excluding carboxylic acids is 1. The van der Waals surface area contributed by atoms with Gasteiger partial charge >= 0.3 is 0 Å². The number of rotatable bonds is 6. The number of hydrogen-bond donors (Lipinski definition) is 2. The molecule has 1 heterocycles. The fourth-order valence-corrected chi connectivity index (χ4v) is 2.59. The van der Waals surface area contributed by atoms with E-state index in [-0.39, 0.29) is 5.91 Å². The van der Waals surface area contributed by atoms with Crippen LogP contribution in [0.15, 0.2) is 60.7 Å². The first-order valence-electron chi connectivity index (χ1n) is 8.73. The second-order valence-corrected chi connectivity index (χ2v) is 6.50. The Hall–Kier alpha value is -3.41. The molecule has 138 valence electrons. The Morgan fingerprint density at radius 3 is 2.30 bits per heavy atom. The summed E-state index contributed by atoms with van der Waals surface area (Å²) in [5.74, 6) is 1.34. The molecular formula is C21H23N5O. The zero-order valence-corrected chi connectivity index (χ0v) is 15.7. The predicted molar refractivity (Wildman–Crippen MR) is 110 cm³/mol. The van der Waals surface area contributed by atoms with Crippen LogP contribution in [0.3, 0.4) is 0 Å². The predicted octanol–water partition coefficient (Wildman–Crippen LogP) is 3.78. The van der Waals surface area contributed by atoms with Crippen molar-refractivity contribution >= 4 is 29.0 Å². The summed E-state index contributed by atoms with van der Waals surface area (Å²) >= 11 is 0. The minimum absolute atomic E-state index is 0.0421. The third-order valence-electron chi connectivity index (χ3n) is 3.93. The number of benzene rings is 2. The van der Waals surface area contributed by atoms with E-state index in [9.17, 15) is 4.79 Å². The van der Waals surface area contributed by atoms with Crippen LogP contribution in [-0.2, 0) is 11.2 Å². The van der Waals surface area contributed by atoms with Gasteiger partial charge in [-0.3, -0.25) is 4.79 Å². The van der Waals surface area contributed by atoms with Crippen molar-refractivity contribution in [1.82, 2.24) is 9.97 Å². The van der Waals surface area contributed by atoms with E-state index in [2.05, 4.69) is 20.6 Å². The van der Waals surface area contributed by atoms with E-state index in [1.54, 1.807) is 0 Å². The third-order valence-corrected chi connectivity index (χ3v) is 3.93. The van der Waals surface area contributed by atoms with Crippen molar-refractivity contribution in [2.24, 2.45) is 0 Å². The van der Waals surface area contributed by atoms with Gasteiger partial charge in [0.1, 0.15) is 5.82 Å². The van der Waals surface area contributed by atoms with Crippen molar-refractivity contribution < 1.29 is 4.79 Å². The summed E-state index contributed by atoms with van der Waals surface area (Å²) in [4.78, 5) is 23.0. The first-order chi connectivity index (χ1) is 13.0. The SMILES string of the molecule is Cc1cc(N(C)C)nc(Nc2ccc(NC(=O)Cc3ccccc3)cc2)n1. The molecule has 0 saturated heterocycles. The molecule has 2 N–H and O–H groups in total. The zero-order valence-electron chi connectivity index (χ0n) is 15.7. The lowest BCUT2D eigenvalue weighted by Crippen LogP contribution is -2.14. The molecule has 6 nitrogen and oxygen atoms in total. The highest BCUT2D eigenvalue weighted by molar-refractivity contribution is 5.92. The molecule has 1 amide bonds. The van der Waals surface area contributed by atoms with Gasteiger partial charge in [-0.15, -0.1) is 0 Å². The molecule has 0 aliphatic rings. The van der Waals surface area contributed by atoms with Gasteiger partial charge in [-0.2, -0.15) is 4.98 Å². The van der Waals surface area contributed by atoms with Crippen molar-refractivity contribution in [3.63, 3.8) is 0 Å². The Bertz CT molecular complexity index is 908. The lowest BCUT2D eigenvalue weighted by molar-refractivity contribution is -0.115. The molecule has 0 radical (unpaired) electrons. The largest absolute Gasteiger partial charge is 0.363 e. The maximum atomic E-state index is 12.1. The van der Waals surface area contributed by atoms with Gasteiger partial charge in [-0.05, 0) is 36.8 Å². The summed E-state index contributed by atoms with van der Waals surface area (Å²) in [6.45, 7) is 1.94. The van der Waals surface area contributed by atoms with Crippen LogP contribution in [0.5, 0.6) is 0 Å². The summed E-state index contributed by atoms with van der Waals surface area (Å²) in [5.41, 5.74) is 3.48. The molecule has 3 rings (SSSR count). The Kier molecular flexibility index (Phi) is 5.66. The number of hydrogen-bond acceptors (Lipinski definition) is 5. The Labute approximate surface area is 159 Å². The number of anilines is 4. The summed E-state index contributed by atoms with van der Waals surface area (Å²) < 4.78 is 0. The average Bonchev–Trinajstić information content (AvgIpc) is 2.63. The normalized spacial score (nSPS) is 10.3. The van der Waals surface area contributed by atoms with Gasteiger partial charge in [0.2, 0.25) is 11.9 Å². The molecular weight excluding hydrogens is 338 g/mol. The van der Waals surface area contributed by atoms with Gasteiger partial charge in [0, 0.05) is 37.2 Å². The monoisotopic (exact) mass is 361 g/mol.